The molecule has 0 bridgehead atoms. The molecule has 0 unspecified atom stereocenters. The predicted octanol–water partition coefficient (Wildman–Crippen LogP) is 3.86. The number of hydrogen-bond donors (Lipinski definition) is 1. The molecule has 0 saturated heterocycles. The van der Waals surface area contributed by atoms with Gasteiger partial charge in [-0.05, 0) is 6.07 Å². The Morgan fingerprint density at radius 2 is 2.08 bits per heavy atom. The molecule has 1 aliphatic rings. The molecule has 0 spiro atoms. The van der Waals surface area contributed by atoms with Crippen molar-refractivity contribution in [3.63, 3.8) is 0 Å². The van der Waals surface area contributed by atoms with Gasteiger partial charge in [0.25, 0.3) is 0 Å². The van der Waals surface area contributed by atoms with Crippen LogP contribution in [-0.2, 0) is 12.0 Å². The molecule has 25 heavy (non-hydrogen) atoms. The molecule has 0 atom stereocenters. The van der Waals surface area contributed by atoms with Crippen LogP contribution < -0.4 is 14.8 Å². The van der Waals surface area contributed by atoms with E-state index in [2.05, 4.69) is 42.2 Å². The highest BCUT2D eigenvalue weighted by Gasteiger charge is 2.20. The lowest BCUT2D eigenvalue weighted by atomic mass is 9.93. The van der Waals surface area contributed by atoms with Crippen LogP contribution in [0, 0.1) is 0 Å². The predicted molar refractivity (Wildman–Crippen MR) is 98.9 cm³/mol. The number of nitrogens with zero attached hydrogens (tertiary/aromatic N) is 3. The van der Waals surface area contributed by atoms with E-state index < -0.39 is 0 Å². The molecule has 4 rings (SSSR count). The fourth-order valence-corrected chi connectivity index (χ4v) is 3.47. The summed E-state index contributed by atoms with van der Waals surface area (Å²) in [7, 11) is 0. The minimum atomic E-state index is 0.0277. The molecule has 0 fully saturated rings. The van der Waals surface area contributed by atoms with Crippen molar-refractivity contribution in [2.24, 2.45) is 0 Å². The second-order valence-electron chi connectivity index (χ2n) is 7.16. The van der Waals surface area contributed by atoms with E-state index in [0.29, 0.717) is 19.8 Å². The number of aromatic nitrogens is 3. The smallest absolute Gasteiger partial charge is 0.214 e. The number of rotatable bonds is 3. The molecule has 1 N–H and O–H groups in total. The number of anilines is 1. The molecule has 1 aromatic carbocycles. The molecule has 6 nitrogen and oxygen atoms in total. The highest BCUT2D eigenvalue weighted by atomic mass is 32.1. The number of para-hydroxylation sites is 1. The van der Waals surface area contributed by atoms with Crippen LogP contribution in [0.2, 0.25) is 0 Å². The van der Waals surface area contributed by atoms with Crippen molar-refractivity contribution in [1.82, 2.24) is 14.6 Å². The van der Waals surface area contributed by atoms with E-state index in [0.717, 1.165) is 39.3 Å². The molecule has 132 valence electrons. The Morgan fingerprint density at radius 1 is 1.24 bits per heavy atom. The third-order valence-electron chi connectivity index (χ3n) is 4.09. The summed E-state index contributed by atoms with van der Waals surface area (Å²) in [5.74, 6) is 1.66. The van der Waals surface area contributed by atoms with Crippen molar-refractivity contribution >= 4 is 21.4 Å². The summed E-state index contributed by atoms with van der Waals surface area (Å²) in [5.41, 5.74) is 2.15. The van der Waals surface area contributed by atoms with Gasteiger partial charge in [0.1, 0.15) is 0 Å². The maximum atomic E-state index is 5.87. The summed E-state index contributed by atoms with van der Waals surface area (Å²) in [6.07, 6.45) is 2.91. The van der Waals surface area contributed by atoms with Crippen LogP contribution in [0.15, 0.2) is 24.4 Å². The zero-order chi connectivity index (χ0) is 17.4. The lowest BCUT2D eigenvalue weighted by Gasteiger charge is -2.13. The van der Waals surface area contributed by atoms with Gasteiger partial charge in [-0.15, -0.1) is 5.10 Å². The molecular formula is C18H22N4O2S. The number of nitrogens with one attached hydrogen (secondary N) is 1. The van der Waals surface area contributed by atoms with E-state index in [1.165, 1.54) is 0 Å². The molecule has 0 radical (unpaired) electrons. The van der Waals surface area contributed by atoms with E-state index in [4.69, 9.17) is 9.47 Å². The molecular weight excluding hydrogens is 336 g/mol. The van der Waals surface area contributed by atoms with Gasteiger partial charge in [0, 0.05) is 23.9 Å². The van der Waals surface area contributed by atoms with E-state index >= 15 is 0 Å². The average Bonchev–Trinajstić information content (AvgIpc) is 3.02. The first-order chi connectivity index (χ1) is 12.0. The molecule has 3 aromatic rings. The van der Waals surface area contributed by atoms with Crippen molar-refractivity contribution in [3.05, 3.63) is 35.7 Å². The molecule has 0 amide bonds. The first-order valence-electron chi connectivity index (χ1n) is 8.49. The van der Waals surface area contributed by atoms with Crippen molar-refractivity contribution in [2.75, 3.05) is 18.5 Å². The Kier molecular flexibility index (Phi) is 4.03. The molecule has 3 heterocycles. The fraction of sp³-hybridized carbons (Fsp3) is 0.444. The van der Waals surface area contributed by atoms with Crippen LogP contribution in [0.5, 0.6) is 11.5 Å². The van der Waals surface area contributed by atoms with Crippen molar-refractivity contribution in [3.8, 4) is 11.5 Å². The van der Waals surface area contributed by atoms with E-state index in [-0.39, 0.29) is 5.41 Å². The quantitative estimate of drug-likeness (QED) is 0.770. The lowest BCUT2D eigenvalue weighted by molar-refractivity contribution is 0.296. The minimum Gasteiger partial charge on any atom is -0.490 e. The fourth-order valence-electron chi connectivity index (χ4n) is 2.70. The monoisotopic (exact) mass is 358 g/mol. The molecule has 0 aliphatic carbocycles. The lowest BCUT2D eigenvalue weighted by Crippen LogP contribution is -2.11. The van der Waals surface area contributed by atoms with E-state index in [1.807, 2.05) is 22.8 Å². The summed E-state index contributed by atoms with van der Waals surface area (Å²) in [4.78, 5) is 5.58. The Hall–Kier alpha value is -2.28. The third-order valence-corrected chi connectivity index (χ3v) is 4.98. The van der Waals surface area contributed by atoms with Gasteiger partial charge in [-0.1, -0.05) is 44.2 Å². The Morgan fingerprint density at radius 3 is 2.88 bits per heavy atom. The molecule has 1 aliphatic heterocycles. The van der Waals surface area contributed by atoms with Crippen LogP contribution >= 0.6 is 11.3 Å². The number of imidazole rings is 1. The Bertz CT molecular complexity index is 863. The van der Waals surface area contributed by atoms with Crippen LogP contribution in [0.1, 0.15) is 38.4 Å². The normalized spacial score (nSPS) is 14.5. The van der Waals surface area contributed by atoms with Gasteiger partial charge in [0.2, 0.25) is 10.1 Å². The number of benzene rings is 1. The van der Waals surface area contributed by atoms with Gasteiger partial charge in [-0.2, -0.15) is 0 Å². The second kappa shape index (κ2) is 6.22. The average molecular weight is 358 g/mol. The topological polar surface area (TPSA) is 60.7 Å². The van der Waals surface area contributed by atoms with E-state index in [9.17, 15) is 0 Å². The van der Waals surface area contributed by atoms with Gasteiger partial charge >= 0.3 is 0 Å². The van der Waals surface area contributed by atoms with Gasteiger partial charge in [-0.3, -0.25) is 0 Å². The summed E-state index contributed by atoms with van der Waals surface area (Å²) in [6, 6.07) is 6.00. The molecule has 0 saturated carbocycles. The van der Waals surface area contributed by atoms with Gasteiger partial charge in [0.05, 0.1) is 25.1 Å². The second-order valence-corrected chi connectivity index (χ2v) is 8.11. The zero-order valence-electron chi connectivity index (χ0n) is 14.7. The summed E-state index contributed by atoms with van der Waals surface area (Å²) in [6.45, 7) is 8.48. The SMILES string of the molecule is CC(C)(C)c1cn2nc(NCc3cccc4c3OCCCO4)sc2n1. The van der Waals surface area contributed by atoms with Crippen molar-refractivity contribution in [2.45, 2.75) is 39.2 Å². The Balaban J connectivity index is 1.52. The van der Waals surface area contributed by atoms with Crippen LogP contribution in [0.4, 0.5) is 5.13 Å². The standard InChI is InChI=1S/C18H22N4O2S/c1-18(2,3)14-11-22-17(20-14)25-16(21-22)19-10-12-6-4-7-13-15(12)24-9-5-8-23-13/h4,6-7,11H,5,8-10H2,1-3H3,(H,19,21). The highest BCUT2D eigenvalue weighted by Crippen LogP contribution is 2.34. The highest BCUT2D eigenvalue weighted by molar-refractivity contribution is 7.20. The number of hydrogen-bond acceptors (Lipinski definition) is 6. The largest absolute Gasteiger partial charge is 0.490 e. The van der Waals surface area contributed by atoms with Gasteiger partial charge in [0.15, 0.2) is 11.5 Å². The third kappa shape index (κ3) is 3.28. The maximum absolute atomic E-state index is 5.87. The first kappa shape index (κ1) is 16.2. The van der Waals surface area contributed by atoms with E-state index in [1.54, 1.807) is 11.3 Å². The van der Waals surface area contributed by atoms with Crippen LogP contribution in [-0.4, -0.2) is 27.8 Å². The van der Waals surface area contributed by atoms with Crippen LogP contribution in [0.25, 0.3) is 4.96 Å². The van der Waals surface area contributed by atoms with Crippen LogP contribution in [0.3, 0.4) is 0 Å². The maximum Gasteiger partial charge on any atom is 0.214 e. The van der Waals surface area contributed by atoms with Crippen molar-refractivity contribution in [1.29, 1.82) is 0 Å². The summed E-state index contributed by atoms with van der Waals surface area (Å²) >= 11 is 1.55. The first-order valence-corrected chi connectivity index (χ1v) is 9.30. The zero-order valence-corrected chi connectivity index (χ0v) is 15.5. The molecule has 7 heteroatoms. The van der Waals surface area contributed by atoms with Gasteiger partial charge in [-0.25, -0.2) is 9.50 Å². The minimum absolute atomic E-state index is 0.0277. The molecule has 2 aromatic heterocycles. The summed E-state index contributed by atoms with van der Waals surface area (Å²) in [5, 5.41) is 8.80. The number of fused-ring (bicyclic) bond motifs is 2. The van der Waals surface area contributed by atoms with Crippen molar-refractivity contribution < 1.29 is 9.47 Å². The Labute approximate surface area is 150 Å². The summed E-state index contributed by atoms with van der Waals surface area (Å²) < 4.78 is 13.5. The number of ether oxygens (including phenoxy) is 2. The van der Waals surface area contributed by atoms with Gasteiger partial charge < -0.3 is 14.8 Å².